The lowest BCUT2D eigenvalue weighted by atomic mass is 10.3. The van der Waals surface area contributed by atoms with Crippen LogP contribution in [0, 0.1) is 0 Å². The molecule has 23 heavy (non-hydrogen) atoms. The molecule has 3 aromatic rings. The van der Waals surface area contributed by atoms with Gasteiger partial charge in [0.2, 0.25) is 0 Å². The van der Waals surface area contributed by atoms with E-state index in [-0.39, 0.29) is 0 Å². The summed E-state index contributed by atoms with van der Waals surface area (Å²) < 4.78 is 5.28. The maximum absolute atomic E-state index is 10.8. The summed E-state index contributed by atoms with van der Waals surface area (Å²) in [5, 5.41) is 12.0. The van der Waals surface area contributed by atoms with Crippen LogP contribution < -0.4 is 10.1 Å². The van der Waals surface area contributed by atoms with Gasteiger partial charge in [-0.1, -0.05) is 12.1 Å². The molecule has 0 spiro atoms. The zero-order valence-corrected chi connectivity index (χ0v) is 12.4. The first-order valence-corrected chi connectivity index (χ1v) is 7.10. The molecule has 2 N–H and O–H groups in total. The van der Waals surface area contributed by atoms with Gasteiger partial charge in [0, 0.05) is 5.69 Å². The molecule has 1 unspecified atom stereocenters. The zero-order chi connectivity index (χ0) is 16.2. The fourth-order valence-corrected chi connectivity index (χ4v) is 2.04. The van der Waals surface area contributed by atoms with Crippen molar-refractivity contribution in [2.24, 2.45) is 0 Å². The van der Waals surface area contributed by atoms with E-state index >= 15 is 0 Å². The Bertz CT molecular complexity index is 834. The molecule has 0 radical (unpaired) electrons. The first-order valence-electron chi connectivity index (χ1n) is 7.10. The molecule has 0 saturated heterocycles. The molecule has 6 nitrogen and oxygen atoms in total. The fourth-order valence-electron chi connectivity index (χ4n) is 2.04. The number of fused-ring (bicyclic) bond motifs is 1. The number of carboxylic acid groups (broad SMARTS) is 1. The second-order valence-corrected chi connectivity index (χ2v) is 4.99. The van der Waals surface area contributed by atoms with Crippen molar-refractivity contribution in [2.75, 3.05) is 5.32 Å². The summed E-state index contributed by atoms with van der Waals surface area (Å²) in [7, 11) is 0. The number of ether oxygens (including phenoxy) is 1. The van der Waals surface area contributed by atoms with Crippen molar-refractivity contribution >= 4 is 28.5 Å². The smallest absolute Gasteiger partial charge is 0.344 e. The monoisotopic (exact) mass is 309 g/mol. The number of para-hydroxylation sites is 2. The van der Waals surface area contributed by atoms with Crippen molar-refractivity contribution in [2.45, 2.75) is 13.0 Å². The Balaban J connectivity index is 1.73. The lowest BCUT2D eigenvalue weighted by Crippen LogP contribution is -2.22. The van der Waals surface area contributed by atoms with Gasteiger partial charge in [-0.2, -0.15) is 0 Å². The summed E-state index contributed by atoms with van der Waals surface area (Å²) in [5.41, 5.74) is 2.46. The van der Waals surface area contributed by atoms with Crippen LogP contribution in [0.1, 0.15) is 6.92 Å². The van der Waals surface area contributed by atoms with E-state index in [9.17, 15) is 4.79 Å². The highest BCUT2D eigenvalue weighted by molar-refractivity contribution is 5.76. The Kier molecular flexibility index (Phi) is 4.05. The molecule has 3 rings (SSSR count). The molecule has 2 aromatic carbocycles. The first-order chi connectivity index (χ1) is 11.1. The number of rotatable bonds is 5. The van der Waals surface area contributed by atoms with E-state index in [0.717, 1.165) is 16.7 Å². The van der Waals surface area contributed by atoms with E-state index in [1.807, 2.05) is 24.3 Å². The van der Waals surface area contributed by atoms with Crippen molar-refractivity contribution in [3.05, 3.63) is 54.7 Å². The number of carboxylic acids is 1. The molecule has 116 valence electrons. The number of anilines is 2. The lowest BCUT2D eigenvalue weighted by Gasteiger charge is -2.11. The molecule has 0 saturated carbocycles. The SMILES string of the molecule is CC(Oc1ccc(Nc2cnc3ccccc3n2)cc1)C(=O)O. The van der Waals surface area contributed by atoms with Crippen LogP contribution in [0.3, 0.4) is 0 Å². The van der Waals surface area contributed by atoms with Gasteiger partial charge in [0.15, 0.2) is 6.10 Å². The minimum absolute atomic E-state index is 0.495. The average molecular weight is 309 g/mol. The van der Waals surface area contributed by atoms with Crippen LogP contribution in [0.25, 0.3) is 11.0 Å². The van der Waals surface area contributed by atoms with Crippen LogP contribution in [0.15, 0.2) is 54.7 Å². The highest BCUT2D eigenvalue weighted by Gasteiger charge is 2.12. The van der Waals surface area contributed by atoms with Gasteiger partial charge in [-0.25, -0.2) is 9.78 Å². The van der Waals surface area contributed by atoms with Crippen molar-refractivity contribution in [3.63, 3.8) is 0 Å². The number of hydrogen-bond donors (Lipinski definition) is 2. The van der Waals surface area contributed by atoms with Gasteiger partial charge >= 0.3 is 5.97 Å². The number of benzene rings is 2. The molecule has 1 aromatic heterocycles. The minimum Gasteiger partial charge on any atom is -0.479 e. The lowest BCUT2D eigenvalue weighted by molar-refractivity contribution is -0.144. The van der Waals surface area contributed by atoms with Crippen LogP contribution >= 0.6 is 0 Å². The number of hydrogen-bond acceptors (Lipinski definition) is 5. The second kappa shape index (κ2) is 6.31. The van der Waals surface area contributed by atoms with Gasteiger partial charge in [0.1, 0.15) is 11.6 Å². The third kappa shape index (κ3) is 3.55. The van der Waals surface area contributed by atoms with Gasteiger partial charge in [-0.3, -0.25) is 4.98 Å². The Morgan fingerprint density at radius 2 is 1.83 bits per heavy atom. The predicted octanol–water partition coefficient (Wildman–Crippen LogP) is 3.23. The Labute approximate surface area is 132 Å². The topological polar surface area (TPSA) is 84.3 Å². The van der Waals surface area contributed by atoms with Crippen LogP contribution in [0.5, 0.6) is 5.75 Å². The van der Waals surface area contributed by atoms with Gasteiger partial charge in [0.05, 0.1) is 17.2 Å². The van der Waals surface area contributed by atoms with E-state index in [1.165, 1.54) is 6.92 Å². The van der Waals surface area contributed by atoms with Gasteiger partial charge in [0.25, 0.3) is 0 Å². The Morgan fingerprint density at radius 1 is 1.13 bits per heavy atom. The fraction of sp³-hybridized carbons (Fsp3) is 0.118. The van der Waals surface area contributed by atoms with Crippen LogP contribution in [-0.4, -0.2) is 27.1 Å². The maximum Gasteiger partial charge on any atom is 0.344 e. The number of aromatic nitrogens is 2. The summed E-state index contributed by atoms with van der Waals surface area (Å²) in [4.78, 5) is 19.6. The van der Waals surface area contributed by atoms with E-state index < -0.39 is 12.1 Å². The van der Waals surface area contributed by atoms with Crippen LogP contribution in [-0.2, 0) is 4.79 Å². The summed E-state index contributed by atoms with van der Waals surface area (Å²) in [6.45, 7) is 1.49. The van der Waals surface area contributed by atoms with Gasteiger partial charge in [-0.05, 0) is 43.3 Å². The van der Waals surface area contributed by atoms with Gasteiger partial charge in [-0.15, -0.1) is 0 Å². The number of nitrogens with one attached hydrogen (secondary N) is 1. The second-order valence-electron chi connectivity index (χ2n) is 4.99. The average Bonchev–Trinajstić information content (AvgIpc) is 2.56. The molecule has 0 aliphatic rings. The van der Waals surface area contributed by atoms with Gasteiger partial charge < -0.3 is 15.2 Å². The molecule has 0 bridgehead atoms. The Morgan fingerprint density at radius 3 is 2.52 bits per heavy atom. The molecular weight excluding hydrogens is 294 g/mol. The Hall–Kier alpha value is -3.15. The van der Waals surface area contributed by atoms with E-state index in [2.05, 4.69) is 15.3 Å². The number of nitrogens with zero attached hydrogens (tertiary/aromatic N) is 2. The third-order valence-electron chi connectivity index (χ3n) is 3.24. The highest BCUT2D eigenvalue weighted by atomic mass is 16.5. The molecular formula is C17H15N3O3. The van der Waals surface area contributed by atoms with Crippen LogP contribution in [0.4, 0.5) is 11.5 Å². The molecule has 6 heteroatoms. The minimum atomic E-state index is -1.00. The number of aliphatic carboxylic acids is 1. The summed E-state index contributed by atoms with van der Waals surface area (Å²) >= 11 is 0. The quantitative estimate of drug-likeness (QED) is 0.753. The number of carbonyl (C=O) groups is 1. The summed E-state index contributed by atoms with van der Waals surface area (Å²) in [6.07, 6.45) is 0.777. The summed E-state index contributed by atoms with van der Waals surface area (Å²) in [5.74, 6) is 0.130. The van der Waals surface area contributed by atoms with E-state index in [0.29, 0.717) is 11.6 Å². The molecule has 1 heterocycles. The van der Waals surface area contributed by atoms with Crippen molar-refractivity contribution in [1.82, 2.24) is 9.97 Å². The first kappa shape index (κ1) is 14.8. The highest BCUT2D eigenvalue weighted by Crippen LogP contribution is 2.20. The van der Waals surface area contributed by atoms with Crippen molar-refractivity contribution < 1.29 is 14.6 Å². The van der Waals surface area contributed by atoms with E-state index in [1.54, 1.807) is 30.5 Å². The molecule has 1 atom stereocenters. The molecule has 0 aliphatic carbocycles. The molecule has 0 amide bonds. The van der Waals surface area contributed by atoms with Crippen molar-refractivity contribution in [3.8, 4) is 5.75 Å². The third-order valence-corrected chi connectivity index (χ3v) is 3.24. The largest absolute Gasteiger partial charge is 0.479 e. The van der Waals surface area contributed by atoms with Crippen LogP contribution in [0.2, 0.25) is 0 Å². The van der Waals surface area contributed by atoms with Crippen molar-refractivity contribution in [1.29, 1.82) is 0 Å². The summed E-state index contributed by atoms with van der Waals surface area (Å²) in [6, 6.07) is 14.6. The molecule has 0 aliphatic heterocycles. The standard InChI is InChI=1S/C17H15N3O3/c1-11(17(21)22)23-13-8-6-12(7-9-13)19-16-10-18-14-4-2-3-5-15(14)20-16/h2-11H,1H3,(H,19,20)(H,21,22). The zero-order valence-electron chi connectivity index (χ0n) is 12.4. The maximum atomic E-state index is 10.8. The molecule has 0 fully saturated rings. The predicted molar refractivity (Wildman–Crippen MR) is 87.0 cm³/mol. The van der Waals surface area contributed by atoms with E-state index in [4.69, 9.17) is 9.84 Å². The normalized spacial score (nSPS) is 11.9.